The maximum absolute atomic E-state index is 13.8. The number of carbonyl (C=O) groups excluding carboxylic acids is 3. The third-order valence-electron chi connectivity index (χ3n) is 7.06. The number of fused-ring (bicyclic) bond motifs is 2. The molecular formula is C23H32N2O6. The zero-order valence-electron chi connectivity index (χ0n) is 18.5. The average molecular weight is 433 g/mol. The molecule has 2 saturated heterocycles. The fourth-order valence-electron chi connectivity index (χ4n) is 5.59. The molecule has 4 rings (SSSR count). The van der Waals surface area contributed by atoms with Crippen LogP contribution in [0.3, 0.4) is 0 Å². The molecule has 1 N–H and O–H groups in total. The van der Waals surface area contributed by atoms with E-state index in [9.17, 15) is 19.5 Å². The van der Waals surface area contributed by atoms with E-state index >= 15 is 0 Å². The summed E-state index contributed by atoms with van der Waals surface area (Å²) in [5.41, 5.74) is -2.35. The van der Waals surface area contributed by atoms with Gasteiger partial charge in [-0.3, -0.25) is 14.4 Å². The lowest BCUT2D eigenvalue weighted by Gasteiger charge is -2.39. The first-order valence-electron chi connectivity index (χ1n) is 11.2. The predicted octanol–water partition coefficient (Wildman–Crippen LogP) is 1.04. The van der Waals surface area contributed by atoms with E-state index in [4.69, 9.17) is 9.47 Å². The number of aliphatic hydroxyl groups is 1. The van der Waals surface area contributed by atoms with Crippen molar-refractivity contribution in [1.29, 1.82) is 0 Å². The molecule has 4 heterocycles. The first-order chi connectivity index (χ1) is 14.8. The molecule has 0 radical (unpaired) electrons. The fourth-order valence-corrected chi connectivity index (χ4v) is 5.59. The van der Waals surface area contributed by atoms with Crippen LogP contribution in [0.1, 0.15) is 40.0 Å². The number of likely N-dealkylation sites (tertiary alicyclic amines) is 1. The number of amides is 2. The predicted molar refractivity (Wildman–Crippen MR) is 112 cm³/mol. The number of nitrogens with zero attached hydrogens (tertiary/aromatic N) is 2. The average Bonchev–Trinajstić information content (AvgIpc) is 3.06. The van der Waals surface area contributed by atoms with Crippen LogP contribution >= 0.6 is 0 Å². The van der Waals surface area contributed by atoms with E-state index in [2.05, 4.69) is 6.92 Å². The first-order valence-corrected chi connectivity index (χ1v) is 11.2. The minimum absolute atomic E-state index is 0.204. The molecule has 0 aromatic carbocycles. The smallest absolute Gasteiger partial charge is 0.313 e. The summed E-state index contributed by atoms with van der Waals surface area (Å²) in [4.78, 5) is 43.8. The minimum atomic E-state index is -1.29. The third kappa shape index (κ3) is 3.22. The number of rotatable bonds is 5. The lowest BCUT2D eigenvalue weighted by Crippen LogP contribution is -2.58. The minimum Gasteiger partial charge on any atom is -0.465 e. The molecule has 2 amide bonds. The molecule has 8 heteroatoms. The van der Waals surface area contributed by atoms with Crippen LogP contribution in [0.4, 0.5) is 0 Å². The molecule has 4 aliphatic rings. The summed E-state index contributed by atoms with van der Waals surface area (Å²) in [5, 5.41) is 9.86. The second-order valence-corrected chi connectivity index (χ2v) is 9.17. The molecule has 0 bridgehead atoms. The third-order valence-corrected chi connectivity index (χ3v) is 7.06. The maximum atomic E-state index is 13.8. The Hall–Kier alpha value is -2.19. The van der Waals surface area contributed by atoms with E-state index in [-0.39, 0.29) is 25.0 Å². The highest BCUT2D eigenvalue weighted by atomic mass is 16.6. The molecule has 31 heavy (non-hydrogen) atoms. The molecular weight excluding hydrogens is 400 g/mol. The molecule has 0 aromatic rings. The highest BCUT2D eigenvalue weighted by Crippen LogP contribution is 2.57. The number of esters is 1. The number of hydrogen-bond acceptors (Lipinski definition) is 6. The first kappa shape index (κ1) is 22.0. The lowest BCUT2D eigenvalue weighted by molar-refractivity contribution is -0.161. The van der Waals surface area contributed by atoms with Crippen molar-refractivity contribution < 1.29 is 29.0 Å². The molecule has 1 unspecified atom stereocenters. The van der Waals surface area contributed by atoms with Gasteiger partial charge < -0.3 is 24.4 Å². The molecule has 0 aromatic heterocycles. The van der Waals surface area contributed by atoms with E-state index in [0.717, 1.165) is 12.8 Å². The summed E-state index contributed by atoms with van der Waals surface area (Å²) < 4.78 is 12.0. The Morgan fingerprint density at radius 3 is 2.68 bits per heavy atom. The van der Waals surface area contributed by atoms with Crippen LogP contribution in [0.2, 0.25) is 0 Å². The molecule has 0 saturated carbocycles. The van der Waals surface area contributed by atoms with Gasteiger partial charge in [0.05, 0.1) is 30.8 Å². The molecule has 170 valence electrons. The Bertz CT molecular complexity index is 825. The number of cyclic esters (lactones) is 1. The van der Waals surface area contributed by atoms with Gasteiger partial charge in [0.25, 0.3) is 0 Å². The van der Waals surface area contributed by atoms with Crippen molar-refractivity contribution in [3.05, 3.63) is 24.3 Å². The van der Waals surface area contributed by atoms with E-state index in [1.165, 1.54) is 4.90 Å². The van der Waals surface area contributed by atoms with Crippen molar-refractivity contribution in [1.82, 2.24) is 9.80 Å². The van der Waals surface area contributed by atoms with Crippen molar-refractivity contribution in [3.8, 4) is 0 Å². The Balaban J connectivity index is 1.86. The van der Waals surface area contributed by atoms with Crippen LogP contribution in [-0.4, -0.2) is 82.3 Å². The zero-order valence-corrected chi connectivity index (χ0v) is 18.5. The van der Waals surface area contributed by atoms with Gasteiger partial charge in [0.1, 0.15) is 17.6 Å². The second kappa shape index (κ2) is 8.06. The zero-order chi connectivity index (χ0) is 22.4. The van der Waals surface area contributed by atoms with Crippen molar-refractivity contribution >= 4 is 17.8 Å². The second-order valence-electron chi connectivity index (χ2n) is 9.17. The van der Waals surface area contributed by atoms with Crippen LogP contribution in [0.5, 0.6) is 0 Å². The van der Waals surface area contributed by atoms with Crippen molar-refractivity contribution in [3.63, 3.8) is 0 Å². The molecule has 8 nitrogen and oxygen atoms in total. The molecule has 6 atom stereocenters. The number of unbranched alkanes of at least 4 members (excludes halogenated alkanes) is 1. The monoisotopic (exact) mass is 432 g/mol. The summed E-state index contributed by atoms with van der Waals surface area (Å²) in [6, 6.07) is -1.52. The highest BCUT2D eigenvalue weighted by Gasteiger charge is 2.75. The number of aliphatic hydroxyl groups excluding tert-OH is 1. The van der Waals surface area contributed by atoms with E-state index in [1.54, 1.807) is 18.7 Å². The topological polar surface area (TPSA) is 96.4 Å². The molecule has 1 spiro atoms. The Labute approximate surface area is 182 Å². The highest BCUT2D eigenvalue weighted by molar-refractivity contribution is 5.99. The van der Waals surface area contributed by atoms with Gasteiger partial charge in [0.2, 0.25) is 11.8 Å². The Kier molecular flexibility index (Phi) is 5.72. The van der Waals surface area contributed by atoms with Gasteiger partial charge in [-0.1, -0.05) is 37.6 Å². The summed E-state index contributed by atoms with van der Waals surface area (Å²) >= 11 is 0. The van der Waals surface area contributed by atoms with E-state index in [0.29, 0.717) is 19.5 Å². The fraction of sp³-hybridized carbons (Fsp3) is 0.696. The van der Waals surface area contributed by atoms with Gasteiger partial charge in [0.15, 0.2) is 0 Å². The van der Waals surface area contributed by atoms with Gasteiger partial charge in [-0.25, -0.2) is 0 Å². The van der Waals surface area contributed by atoms with Crippen molar-refractivity contribution in [2.75, 3.05) is 26.3 Å². The van der Waals surface area contributed by atoms with Crippen LogP contribution in [-0.2, 0) is 23.9 Å². The van der Waals surface area contributed by atoms with Crippen LogP contribution in [0.15, 0.2) is 24.3 Å². The van der Waals surface area contributed by atoms with E-state index < -0.39 is 41.1 Å². The lowest BCUT2D eigenvalue weighted by atomic mass is 9.74. The Morgan fingerprint density at radius 1 is 1.19 bits per heavy atom. The summed E-state index contributed by atoms with van der Waals surface area (Å²) in [6.07, 6.45) is 9.79. The van der Waals surface area contributed by atoms with Crippen molar-refractivity contribution in [2.24, 2.45) is 11.8 Å². The van der Waals surface area contributed by atoms with Gasteiger partial charge >= 0.3 is 5.97 Å². The van der Waals surface area contributed by atoms with Gasteiger partial charge in [-0.15, -0.1) is 0 Å². The van der Waals surface area contributed by atoms with Crippen LogP contribution in [0, 0.1) is 11.8 Å². The number of carbonyl (C=O) groups is 3. The van der Waals surface area contributed by atoms with Crippen LogP contribution < -0.4 is 0 Å². The standard InChI is InChI=1S/C23H32N2O6/c1-4-5-11-24-12-8-10-23-16(19(27)25(15(2)14-26)18(23)20(24)28)17-21(29)30-13-7-6-9-22(17,3)31-23/h6,8-10,15-18,26H,4-5,7,11-14H2,1-3H3/t15-,16+,17+,18?,22-,23+/m1/s1. The molecule has 0 aliphatic carbocycles. The van der Waals surface area contributed by atoms with Crippen molar-refractivity contribution in [2.45, 2.75) is 63.3 Å². The van der Waals surface area contributed by atoms with Gasteiger partial charge in [-0.2, -0.15) is 0 Å². The normalized spacial score (nSPS) is 38.2. The number of ether oxygens (including phenoxy) is 2. The molecule has 2 fully saturated rings. The SMILES string of the molecule is CCCCN1CC=C[C@]23O[C@]4(C)C=CCCOC(=O)[C@@H]4[C@H]2C(=O)N([C@H](C)CO)C3C1=O. The van der Waals surface area contributed by atoms with Gasteiger partial charge in [0, 0.05) is 13.1 Å². The number of hydrogen-bond donors (Lipinski definition) is 1. The Morgan fingerprint density at radius 2 is 1.97 bits per heavy atom. The maximum Gasteiger partial charge on any atom is 0.313 e. The summed E-state index contributed by atoms with van der Waals surface area (Å²) in [7, 11) is 0. The quantitative estimate of drug-likeness (QED) is 0.515. The summed E-state index contributed by atoms with van der Waals surface area (Å²) in [5.74, 6) is -2.79. The molecule has 4 aliphatic heterocycles. The van der Waals surface area contributed by atoms with Gasteiger partial charge in [-0.05, 0) is 26.7 Å². The van der Waals surface area contributed by atoms with E-state index in [1.807, 2.05) is 24.3 Å². The van der Waals surface area contributed by atoms with Crippen LogP contribution in [0.25, 0.3) is 0 Å². The largest absolute Gasteiger partial charge is 0.465 e. The summed E-state index contributed by atoms with van der Waals surface area (Å²) in [6.45, 7) is 6.51.